The van der Waals surface area contributed by atoms with Crippen molar-refractivity contribution in [2.75, 3.05) is 37.7 Å². The number of aryl methyl sites for hydroxylation is 1. The van der Waals surface area contributed by atoms with E-state index in [4.69, 9.17) is 4.74 Å². The lowest BCUT2D eigenvalue weighted by Crippen LogP contribution is -2.50. The third-order valence-corrected chi connectivity index (χ3v) is 7.91. The topological polar surface area (TPSA) is 53.1 Å². The lowest BCUT2D eigenvalue weighted by molar-refractivity contribution is -0.120. The SMILES string of the molecule is CCOC(=O)N1CCCC(N2CCC(N3C(=O)C4(CC4)c4cc(C)ccc43)CC2)CC1. The first-order valence-electron chi connectivity index (χ1n) is 12.1. The number of likely N-dealkylation sites (tertiary alicyclic amines) is 2. The van der Waals surface area contributed by atoms with Crippen molar-refractivity contribution in [1.82, 2.24) is 9.80 Å². The van der Waals surface area contributed by atoms with Gasteiger partial charge < -0.3 is 19.4 Å². The van der Waals surface area contributed by atoms with E-state index < -0.39 is 0 Å². The molecule has 4 aliphatic rings. The molecular formula is C25H35N3O3. The van der Waals surface area contributed by atoms with E-state index >= 15 is 0 Å². The highest BCUT2D eigenvalue weighted by Crippen LogP contribution is 2.58. The van der Waals surface area contributed by atoms with Crippen molar-refractivity contribution in [3.05, 3.63) is 29.3 Å². The Morgan fingerprint density at radius 3 is 2.52 bits per heavy atom. The Morgan fingerprint density at radius 1 is 1.06 bits per heavy atom. The van der Waals surface area contributed by atoms with Gasteiger partial charge in [-0.15, -0.1) is 0 Å². The zero-order valence-electron chi connectivity index (χ0n) is 18.9. The van der Waals surface area contributed by atoms with Crippen LogP contribution in [0.15, 0.2) is 18.2 Å². The molecule has 0 aromatic heterocycles. The van der Waals surface area contributed by atoms with Gasteiger partial charge in [0, 0.05) is 44.0 Å². The second-order valence-electron chi connectivity index (χ2n) is 9.82. The molecule has 3 fully saturated rings. The van der Waals surface area contributed by atoms with E-state index in [0.717, 1.165) is 71.1 Å². The summed E-state index contributed by atoms with van der Waals surface area (Å²) >= 11 is 0. The molecule has 31 heavy (non-hydrogen) atoms. The number of carbonyl (C=O) groups is 2. The molecule has 6 heteroatoms. The van der Waals surface area contributed by atoms with Gasteiger partial charge in [0.2, 0.25) is 5.91 Å². The van der Waals surface area contributed by atoms with Crippen molar-refractivity contribution in [2.45, 2.75) is 76.3 Å². The lowest BCUT2D eigenvalue weighted by atomic mass is 9.96. The van der Waals surface area contributed by atoms with Crippen LogP contribution in [0, 0.1) is 6.92 Å². The molecule has 1 atom stereocenters. The smallest absolute Gasteiger partial charge is 0.409 e. The number of rotatable bonds is 3. The van der Waals surface area contributed by atoms with Crippen molar-refractivity contribution >= 4 is 17.7 Å². The maximum absolute atomic E-state index is 13.4. The molecule has 3 aliphatic heterocycles. The number of hydrogen-bond donors (Lipinski definition) is 0. The van der Waals surface area contributed by atoms with Gasteiger partial charge in [-0.3, -0.25) is 4.79 Å². The molecule has 168 valence electrons. The van der Waals surface area contributed by atoms with Crippen LogP contribution in [0.2, 0.25) is 0 Å². The molecule has 5 rings (SSSR count). The Hall–Kier alpha value is -2.08. The van der Waals surface area contributed by atoms with Crippen LogP contribution in [0.3, 0.4) is 0 Å². The minimum Gasteiger partial charge on any atom is -0.450 e. The fourth-order valence-corrected chi connectivity index (χ4v) is 6.02. The van der Waals surface area contributed by atoms with Crippen molar-refractivity contribution in [3.63, 3.8) is 0 Å². The van der Waals surface area contributed by atoms with E-state index in [2.05, 4.69) is 34.9 Å². The lowest BCUT2D eigenvalue weighted by Gasteiger charge is -2.40. The molecule has 1 aromatic carbocycles. The number of benzene rings is 1. The molecule has 0 radical (unpaired) electrons. The first kappa shape index (κ1) is 20.8. The average Bonchev–Trinajstić information content (AvgIpc) is 3.57. The summed E-state index contributed by atoms with van der Waals surface area (Å²) in [5.74, 6) is 0.353. The second-order valence-corrected chi connectivity index (χ2v) is 9.82. The van der Waals surface area contributed by atoms with Crippen LogP contribution in [-0.4, -0.2) is 66.7 Å². The molecule has 1 spiro atoms. The molecule has 1 aromatic rings. The number of piperidine rings is 1. The van der Waals surface area contributed by atoms with Gasteiger partial charge in [0.05, 0.1) is 12.0 Å². The van der Waals surface area contributed by atoms with Crippen LogP contribution in [0.25, 0.3) is 0 Å². The Kier molecular flexibility index (Phi) is 5.45. The third-order valence-electron chi connectivity index (χ3n) is 7.91. The van der Waals surface area contributed by atoms with Crippen LogP contribution >= 0.6 is 0 Å². The molecule has 1 saturated carbocycles. The predicted molar refractivity (Wildman–Crippen MR) is 120 cm³/mol. The fourth-order valence-electron chi connectivity index (χ4n) is 6.02. The molecule has 6 nitrogen and oxygen atoms in total. The molecule has 2 amide bonds. The van der Waals surface area contributed by atoms with E-state index in [9.17, 15) is 9.59 Å². The van der Waals surface area contributed by atoms with Crippen LogP contribution < -0.4 is 4.90 Å². The highest BCUT2D eigenvalue weighted by Gasteiger charge is 2.60. The highest BCUT2D eigenvalue weighted by atomic mass is 16.6. The Balaban J connectivity index is 1.22. The molecule has 0 N–H and O–H groups in total. The van der Waals surface area contributed by atoms with E-state index in [1.165, 1.54) is 16.8 Å². The Morgan fingerprint density at radius 2 is 1.81 bits per heavy atom. The van der Waals surface area contributed by atoms with Crippen LogP contribution in [0.1, 0.15) is 63.0 Å². The van der Waals surface area contributed by atoms with Gasteiger partial charge in [0.1, 0.15) is 0 Å². The Bertz CT molecular complexity index is 858. The standard InChI is InChI=1S/C25H35N3O3/c1-3-31-24(30)27-13-4-5-19(8-16-27)26-14-9-20(10-15-26)28-22-7-6-18(2)17-21(22)25(11-12-25)23(28)29/h6-7,17,19-20H,3-5,8-16H2,1-2H3. The Labute approximate surface area is 185 Å². The van der Waals surface area contributed by atoms with E-state index in [-0.39, 0.29) is 11.5 Å². The van der Waals surface area contributed by atoms with Crippen molar-refractivity contribution in [3.8, 4) is 0 Å². The maximum Gasteiger partial charge on any atom is 0.409 e. The molecule has 3 heterocycles. The fraction of sp³-hybridized carbons (Fsp3) is 0.680. The predicted octanol–water partition coefficient (Wildman–Crippen LogP) is 3.85. The quantitative estimate of drug-likeness (QED) is 0.738. The first-order chi connectivity index (χ1) is 15.0. The van der Waals surface area contributed by atoms with Crippen molar-refractivity contribution in [1.29, 1.82) is 0 Å². The minimum absolute atomic E-state index is 0.169. The summed E-state index contributed by atoms with van der Waals surface area (Å²) in [7, 11) is 0. The monoisotopic (exact) mass is 425 g/mol. The number of anilines is 1. The van der Waals surface area contributed by atoms with Crippen molar-refractivity contribution in [2.24, 2.45) is 0 Å². The number of amides is 2. The first-order valence-corrected chi connectivity index (χ1v) is 12.1. The molecule has 1 unspecified atom stereocenters. The molecular weight excluding hydrogens is 390 g/mol. The summed E-state index contributed by atoms with van der Waals surface area (Å²) in [6, 6.07) is 7.41. The van der Waals surface area contributed by atoms with Gasteiger partial charge in [-0.1, -0.05) is 17.7 Å². The van der Waals surface area contributed by atoms with E-state index in [0.29, 0.717) is 24.6 Å². The normalized spacial score (nSPS) is 26.1. The highest BCUT2D eigenvalue weighted by molar-refractivity contribution is 6.10. The third kappa shape index (κ3) is 3.63. The van der Waals surface area contributed by atoms with E-state index in [1.807, 2.05) is 11.8 Å². The summed E-state index contributed by atoms with van der Waals surface area (Å²) in [6.07, 6.45) is 7.10. The number of nitrogens with zero attached hydrogens (tertiary/aromatic N) is 3. The zero-order chi connectivity index (χ0) is 21.6. The minimum atomic E-state index is -0.198. The second kappa shape index (κ2) is 8.12. The van der Waals surface area contributed by atoms with Gasteiger partial charge in [-0.2, -0.15) is 0 Å². The van der Waals surface area contributed by atoms with Gasteiger partial charge in [-0.05, 0) is 70.4 Å². The average molecular weight is 426 g/mol. The van der Waals surface area contributed by atoms with Gasteiger partial charge >= 0.3 is 6.09 Å². The van der Waals surface area contributed by atoms with Crippen molar-refractivity contribution < 1.29 is 14.3 Å². The van der Waals surface area contributed by atoms with Crippen LogP contribution in [0.5, 0.6) is 0 Å². The molecule has 1 aliphatic carbocycles. The van der Waals surface area contributed by atoms with Crippen LogP contribution in [-0.2, 0) is 14.9 Å². The van der Waals surface area contributed by atoms with Crippen LogP contribution in [0.4, 0.5) is 10.5 Å². The van der Waals surface area contributed by atoms with Gasteiger partial charge in [-0.25, -0.2) is 4.79 Å². The number of hydrogen-bond acceptors (Lipinski definition) is 4. The summed E-state index contributed by atoms with van der Waals surface area (Å²) in [4.78, 5) is 32.1. The largest absolute Gasteiger partial charge is 0.450 e. The van der Waals surface area contributed by atoms with E-state index in [1.54, 1.807) is 0 Å². The number of fused-ring (bicyclic) bond motifs is 2. The molecule has 0 bridgehead atoms. The summed E-state index contributed by atoms with van der Waals surface area (Å²) in [6.45, 7) is 8.07. The van der Waals surface area contributed by atoms with Gasteiger partial charge in [0.25, 0.3) is 0 Å². The summed E-state index contributed by atoms with van der Waals surface area (Å²) < 4.78 is 5.19. The maximum atomic E-state index is 13.4. The van der Waals surface area contributed by atoms with Gasteiger partial charge in [0.15, 0.2) is 0 Å². The summed E-state index contributed by atoms with van der Waals surface area (Å²) in [5.41, 5.74) is 3.50. The summed E-state index contributed by atoms with van der Waals surface area (Å²) in [5, 5.41) is 0. The zero-order valence-corrected chi connectivity index (χ0v) is 18.9. The number of ether oxygens (including phenoxy) is 1. The number of carbonyl (C=O) groups excluding carboxylic acids is 2. The molecule has 2 saturated heterocycles.